The summed E-state index contributed by atoms with van der Waals surface area (Å²) in [5.74, 6) is 0.164. The molecule has 1 saturated heterocycles. The lowest BCUT2D eigenvalue weighted by Gasteiger charge is -2.22. The van der Waals surface area contributed by atoms with E-state index in [9.17, 15) is 14.0 Å². The maximum absolute atomic E-state index is 12.9. The summed E-state index contributed by atoms with van der Waals surface area (Å²) < 4.78 is 23.2. The van der Waals surface area contributed by atoms with Gasteiger partial charge < -0.3 is 19.5 Å². The smallest absolute Gasteiger partial charge is 0.251 e. The van der Waals surface area contributed by atoms with Gasteiger partial charge in [-0.15, -0.1) is 0 Å². The monoisotopic (exact) mass is 390 g/mol. The van der Waals surface area contributed by atoms with Crippen LogP contribution < -0.4 is 5.32 Å². The summed E-state index contributed by atoms with van der Waals surface area (Å²) in [4.78, 5) is 30.7. The molecular formula is C19H23FN4O4. The normalized spacial score (nSPS) is 16.4. The largest absolute Gasteiger partial charge is 0.384 e. The third-order valence-electron chi connectivity index (χ3n) is 4.60. The maximum Gasteiger partial charge on any atom is 0.251 e. The fraction of sp³-hybridized carbons (Fsp3) is 0.474. The first-order valence-corrected chi connectivity index (χ1v) is 9.23. The lowest BCUT2D eigenvalue weighted by molar-refractivity contribution is -0.132. The zero-order valence-corrected chi connectivity index (χ0v) is 15.7. The number of aromatic nitrogens is 2. The Morgan fingerprint density at radius 1 is 1.36 bits per heavy atom. The molecule has 2 heterocycles. The second-order valence-corrected chi connectivity index (χ2v) is 6.55. The molecule has 0 spiro atoms. The number of halogens is 1. The van der Waals surface area contributed by atoms with Crippen LogP contribution in [0.1, 0.15) is 47.4 Å². The van der Waals surface area contributed by atoms with Gasteiger partial charge in [0, 0.05) is 38.6 Å². The highest BCUT2D eigenvalue weighted by atomic mass is 19.1. The predicted molar refractivity (Wildman–Crippen MR) is 96.9 cm³/mol. The Morgan fingerprint density at radius 3 is 2.89 bits per heavy atom. The topological polar surface area (TPSA) is 97.6 Å². The van der Waals surface area contributed by atoms with Crippen molar-refractivity contribution >= 4 is 11.8 Å². The SMILES string of the molecule is COCCc1noc([C@H]2CCCN2C(=O)CCNC(=O)c2ccc(F)cc2)n1. The first kappa shape index (κ1) is 19.9. The molecule has 2 amide bonds. The average Bonchev–Trinajstić information content (AvgIpc) is 3.36. The van der Waals surface area contributed by atoms with Crippen molar-refractivity contribution in [3.63, 3.8) is 0 Å². The van der Waals surface area contributed by atoms with Gasteiger partial charge >= 0.3 is 0 Å². The van der Waals surface area contributed by atoms with E-state index in [2.05, 4.69) is 15.5 Å². The maximum atomic E-state index is 12.9. The molecule has 0 radical (unpaired) electrons. The number of nitrogens with zero attached hydrogens (tertiary/aromatic N) is 3. The second kappa shape index (κ2) is 9.41. The Kier molecular flexibility index (Phi) is 6.70. The molecule has 0 saturated carbocycles. The second-order valence-electron chi connectivity index (χ2n) is 6.55. The minimum atomic E-state index is -0.404. The van der Waals surface area contributed by atoms with E-state index in [1.807, 2.05) is 0 Å². The molecule has 1 aliphatic heterocycles. The number of likely N-dealkylation sites (tertiary alicyclic amines) is 1. The molecular weight excluding hydrogens is 367 g/mol. The molecule has 0 aliphatic carbocycles. The van der Waals surface area contributed by atoms with E-state index in [-0.39, 0.29) is 30.8 Å². The zero-order chi connectivity index (χ0) is 19.9. The van der Waals surface area contributed by atoms with Crippen LogP contribution in [0.5, 0.6) is 0 Å². The molecule has 3 rings (SSSR count). The van der Waals surface area contributed by atoms with Gasteiger partial charge in [0.15, 0.2) is 5.82 Å². The van der Waals surface area contributed by atoms with E-state index in [0.29, 0.717) is 36.9 Å². The molecule has 1 fully saturated rings. The van der Waals surface area contributed by atoms with Gasteiger partial charge in [-0.25, -0.2) is 4.39 Å². The molecule has 1 aliphatic rings. The highest BCUT2D eigenvalue weighted by molar-refractivity contribution is 5.94. The number of methoxy groups -OCH3 is 1. The van der Waals surface area contributed by atoms with Crippen LogP contribution in [0, 0.1) is 5.82 Å². The predicted octanol–water partition coefficient (Wildman–Crippen LogP) is 1.88. The zero-order valence-electron chi connectivity index (χ0n) is 15.7. The van der Waals surface area contributed by atoms with Gasteiger partial charge in [-0.3, -0.25) is 9.59 Å². The molecule has 2 aromatic rings. The molecule has 8 nitrogen and oxygen atoms in total. The van der Waals surface area contributed by atoms with Crippen LogP contribution in [0.3, 0.4) is 0 Å². The Morgan fingerprint density at radius 2 is 2.14 bits per heavy atom. The summed E-state index contributed by atoms with van der Waals surface area (Å²) in [5, 5.41) is 6.61. The number of carbonyl (C=O) groups excluding carboxylic acids is 2. The van der Waals surface area contributed by atoms with Crippen molar-refractivity contribution in [3.05, 3.63) is 47.4 Å². The number of carbonyl (C=O) groups is 2. The van der Waals surface area contributed by atoms with E-state index >= 15 is 0 Å². The summed E-state index contributed by atoms with van der Waals surface area (Å²) in [5.41, 5.74) is 0.349. The number of hydrogen-bond acceptors (Lipinski definition) is 6. The molecule has 0 unspecified atom stereocenters. The molecule has 1 aromatic carbocycles. The summed E-state index contributed by atoms with van der Waals surface area (Å²) in [7, 11) is 1.60. The number of ether oxygens (including phenoxy) is 1. The summed E-state index contributed by atoms with van der Waals surface area (Å²) in [6, 6.07) is 5.02. The van der Waals surface area contributed by atoms with Gasteiger partial charge in [0.25, 0.3) is 5.91 Å². The minimum Gasteiger partial charge on any atom is -0.384 e. The number of nitrogens with one attached hydrogen (secondary N) is 1. The lowest BCUT2D eigenvalue weighted by atomic mass is 10.2. The molecule has 9 heteroatoms. The average molecular weight is 390 g/mol. The number of hydrogen-bond donors (Lipinski definition) is 1. The lowest BCUT2D eigenvalue weighted by Crippen LogP contribution is -2.34. The van der Waals surface area contributed by atoms with Gasteiger partial charge in [0.1, 0.15) is 11.9 Å². The van der Waals surface area contributed by atoms with E-state index in [4.69, 9.17) is 9.26 Å². The van der Waals surface area contributed by atoms with Crippen LogP contribution in [0.25, 0.3) is 0 Å². The third-order valence-corrected chi connectivity index (χ3v) is 4.60. The Hall–Kier alpha value is -2.81. The molecule has 1 aromatic heterocycles. The molecule has 1 N–H and O–H groups in total. The van der Waals surface area contributed by atoms with Crippen LogP contribution in [0.15, 0.2) is 28.8 Å². The van der Waals surface area contributed by atoms with Crippen LogP contribution in [0.2, 0.25) is 0 Å². The number of rotatable bonds is 8. The van der Waals surface area contributed by atoms with Crippen molar-refractivity contribution in [2.24, 2.45) is 0 Å². The third kappa shape index (κ3) is 4.92. The highest BCUT2D eigenvalue weighted by Crippen LogP contribution is 2.31. The van der Waals surface area contributed by atoms with Gasteiger partial charge in [-0.05, 0) is 37.1 Å². The first-order valence-electron chi connectivity index (χ1n) is 9.23. The number of amides is 2. The van der Waals surface area contributed by atoms with Gasteiger partial charge in [-0.2, -0.15) is 4.98 Å². The minimum absolute atomic E-state index is 0.0847. The quantitative estimate of drug-likeness (QED) is 0.739. The Bertz CT molecular complexity index is 809. The van der Waals surface area contributed by atoms with E-state index in [0.717, 1.165) is 12.8 Å². The Labute approximate surface area is 162 Å². The van der Waals surface area contributed by atoms with Crippen molar-refractivity contribution in [1.82, 2.24) is 20.4 Å². The molecule has 0 bridgehead atoms. The van der Waals surface area contributed by atoms with Gasteiger partial charge in [0.05, 0.1) is 6.61 Å². The summed E-state index contributed by atoms with van der Waals surface area (Å²) in [6.45, 7) is 1.31. The van der Waals surface area contributed by atoms with Crippen LogP contribution in [-0.4, -0.2) is 53.7 Å². The Balaban J connectivity index is 1.51. The van der Waals surface area contributed by atoms with Crippen LogP contribution in [0.4, 0.5) is 4.39 Å². The van der Waals surface area contributed by atoms with Crippen LogP contribution in [-0.2, 0) is 16.0 Å². The van der Waals surface area contributed by atoms with E-state index in [1.54, 1.807) is 12.0 Å². The molecule has 1 atom stereocenters. The fourth-order valence-electron chi connectivity index (χ4n) is 3.15. The molecule has 28 heavy (non-hydrogen) atoms. The van der Waals surface area contributed by atoms with Crippen molar-refractivity contribution in [2.45, 2.75) is 31.7 Å². The molecule has 150 valence electrons. The van der Waals surface area contributed by atoms with Crippen molar-refractivity contribution in [1.29, 1.82) is 0 Å². The van der Waals surface area contributed by atoms with Crippen molar-refractivity contribution in [2.75, 3.05) is 26.8 Å². The standard InChI is InChI=1S/C19H23FN4O4/c1-27-12-9-16-22-19(28-23-16)15-3-2-11-24(15)17(25)8-10-21-18(26)13-4-6-14(20)7-5-13/h4-7,15H,2-3,8-12H2,1H3,(H,21,26)/t15-/m1/s1. The summed E-state index contributed by atoms with van der Waals surface area (Å²) >= 11 is 0. The van der Waals surface area contributed by atoms with Gasteiger partial charge in [-0.1, -0.05) is 5.16 Å². The van der Waals surface area contributed by atoms with E-state index in [1.165, 1.54) is 24.3 Å². The first-order chi connectivity index (χ1) is 13.6. The van der Waals surface area contributed by atoms with E-state index < -0.39 is 5.82 Å². The van der Waals surface area contributed by atoms with Crippen molar-refractivity contribution in [3.8, 4) is 0 Å². The van der Waals surface area contributed by atoms with Gasteiger partial charge in [0.2, 0.25) is 11.8 Å². The number of benzene rings is 1. The van der Waals surface area contributed by atoms with Crippen LogP contribution >= 0.6 is 0 Å². The summed E-state index contributed by atoms with van der Waals surface area (Å²) in [6.07, 6.45) is 2.33. The van der Waals surface area contributed by atoms with Crippen molar-refractivity contribution < 1.29 is 23.2 Å². The fourth-order valence-corrected chi connectivity index (χ4v) is 3.15. The highest BCUT2D eigenvalue weighted by Gasteiger charge is 2.33.